The molecule has 1 fully saturated rings. The van der Waals surface area contributed by atoms with Crippen LogP contribution < -0.4 is 5.32 Å². The first-order valence-corrected chi connectivity index (χ1v) is 10.9. The number of likely N-dealkylation sites (tertiary alicyclic amines) is 1. The zero-order chi connectivity index (χ0) is 18.6. The van der Waals surface area contributed by atoms with E-state index in [-0.39, 0.29) is 5.54 Å². The van der Waals surface area contributed by atoms with E-state index in [0.29, 0.717) is 5.92 Å². The third kappa shape index (κ3) is 2.83. The van der Waals surface area contributed by atoms with E-state index in [1.54, 1.807) is 11.3 Å². The minimum Gasteiger partial charge on any atom is -0.355 e. The van der Waals surface area contributed by atoms with Crippen LogP contribution in [0.3, 0.4) is 0 Å². The van der Waals surface area contributed by atoms with Crippen molar-refractivity contribution >= 4 is 54.5 Å². The smallest absolute Gasteiger partial charge is 0.125 e. The van der Waals surface area contributed by atoms with E-state index in [1.165, 1.54) is 21.4 Å². The van der Waals surface area contributed by atoms with Gasteiger partial charge in [0.15, 0.2) is 0 Å². The Morgan fingerprint density at radius 2 is 2.07 bits per heavy atom. The molecule has 0 amide bonds. The van der Waals surface area contributed by atoms with Crippen molar-refractivity contribution in [1.82, 2.24) is 14.9 Å². The Morgan fingerprint density at radius 1 is 1.19 bits per heavy atom. The summed E-state index contributed by atoms with van der Waals surface area (Å²) in [5.41, 5.74) is 5.29. The molecule has 138 valence electrons. The van der Waals surface area contributed by atoms with Gasteiger partial charge in [-0.05, 0) is 64.2 Å². The summed E-state index contributed by atoms with van der Waals surface area (Å²) in [5, 5.41) is 4.79. The number of anilines is 2. The van der Waals surface area contributed by atoms with Crippen molar-refractivity contribution in [2.75, 3.05) is 18.9 Å². The number of thiophene rings is 1. The molecule has 4 aromatic rings. The van der Waals surface area contributed by atoms with Gasteiger partial charge in [0.2, 0.25) is 0 Å². The van der Waals surface area contributed by atoms with Gasteiger partial charge in [-0.1, -0.05) is 0 Å². The van der Waals surface area contributed by atoms with E-state index in [1.807, 2.05) is 23.0 Å². The van der Waals surface area contributed by atoms with Crippen molar-refractivity contribution < 1.29 is 0 Å². The van der Waals surface area contributed by atoms with Crippen LogP contribution in [-0.4, -0.2) is 34.0 Å². The maximum absolute atomic E-state index is 4.64. The Morgan fingerprint density at radius 3 is 2.89 bits per heavy atom. The van der Waals surface area contributed by atoms with Crippen molar-refractivity contribution in [1.29, 1.82) is 0 Å². The quantitative estimate of drug-likeness (QED) is 0.473. The van der Waals surface area contributed by atoms with Gasteiger partial charge in [-0.2, -0.15) is 0 Å². The summed E-state index contributed by atoms with van der Waals surface area (Å²) in [4.78, 5) is 14.1. The van der Waals surface area contributed by atoms with Crippen LogP contribution in [0.25, 0.3) is 20.4 Å². The van der Waals surface area contributed by atoms with Gasteiger partial charge in [0, 0.05) is 33.6 Å². The number of benzene rings is 1. The van der Waals surface area contributed by atoms with Gasteiger partial charge >= 0.3 is 0 Å². The van der Waals surface area contributed by atoms with Crippen LogP contribution in [0.1, 0.15) is 31.1 Å². The zero-order valence-electron chi connectivity index (χ0n) is 15.7. The van der Waals surface area contributed by atoms with Gasteiger partial charge < -0.3 is 10.2 Å². The first kappa shape index (κ1) is 17.1. The highest BCUT2D eigenvalue weighted by atomic mass is 32.1. The maximum atomic E-state index is 4.64. The molecular weight excluding hydrogens is 372 g/mol. The van der Waals surface area contributed by atoms with Crippen LogP contribution in [0.5, 0.6) is 0 Å². The summed E-state index contributed by atoms with van der Waals surface area (Å²) in [6, 6.07) is 10.8. The molecule has 1 N–H and O–H groups in total. The second-order valence-corrected chi connectivity index (χ2v) is 9.75. The Balaban J connectivity index is 1.52. The van der Waals surface area contributed by atoms with Gasteiger partial charge in [0.25, 0.3) is 0 Å². The molecule has 0 spiro atoms. The number of pyridine rings is 1. The predicted molar refractivity (Wildman–Crippen MR) is 117 cm³/mol. The SMILES string of the molecule is CN1CC[C@@H](c2cc3c(Nc4ccc5scnc5c4)ccnc3s2)C1(C)C. The van der Waals surface area contributed by atoms with Crippen LogP contribution in [0, 0.1) is 0 Å². The lowest BCUT2D eigenvalue weighted by Gasteiger charge is -2.32. The molecule has 1 aliphatic heterocycles. The Hall–Kier alpha value is -2.02. The lowest BCUT2D eigenvalue weighted by Crippen LogP contribution is -2.38. The van der Waals surface area contributed by atoms with Crippen LogP contribution in [0.15, 0.2) is 42.0 Å². The number of aromatic nitrogens is 2. The molecule has 5 rings (SSSR count). The molecule has 0 aliphatic carbocycles. The summed E-state index contributed by atoms with van der Waals surface area (Å²) in [6.07, 6.45) is 3.11. The van der Waals surface area contributed by atoms with Crippen LogP contribution >= 0.6 is 22.7 Å². The molecule has 1 aromatic carbocycles. The number of rotatable bonds is 3. The molecule has 1 atom stereocenters. The number of nitrogens with zero attached hydrogens (tertiary/aromatic N) is 3. The Kier molecular flexibility index (Phi) is 3.96. The molecular formula is C21H22N4S2. The summed E-state index contributed by atoms with van der Waals surface area (Å²) in [7, 11) is 2.23. The number of fused-ring (bicyclic) bond motifs is 2. The minimum atomic E-state index is 0.185. The van der Waals surface area contributed by atoms with Crippen molar-refractivity contribution in [3.63, 3.8) is 0 Å². The molecule has 0 radical (unpaired) electrons. The molecule has 3 aromatic heterocycles. The molecule has 0 saturated carbocycles. The van der Waals surface area contributed by atoms with Crippen LogP contribution in [0.4, 0.5) is 11.4 Å². The number of hydrogen-bond donors (Lipinski definition) is 1. The van der Waals surface area contributed by atoms with E-state index in [9.17, 15) is 0 Å². The average molecular weight is 395 g/mol. The summed E-state index contributed by atoms with van der Waals surface area (Å²) >= 11 is 3.51. The summed E-state index contributed by atoms with van der Waals surface area (Å²) in [6.45, 7) is 5.85. The van der Waals surface area contributed by atoms with Crippen molar-refractivity contribution in [2.45, 2.75) is 31.7 Å². The summed E-state index contributed by atoms with van der Waals surface area (Å²) in [5.74, 6) is 0.556. The number of likely N-dealkylation sites (N-methyl/N-ethyl adjacent to an activating group) is 1. The number of nitrogens with one attached hydrogen (secondary N) is 1. The molecule has 1 saturated heterocycles. The van der Waals surface area contributed by atoms with E-state index in [2.05, 4.69) is 71.4 Å². The lowest BCUT2D eigenvalue weighted by molar-refractivity contribution is 0.203. The fraction of sp³-hybridized carbons (Fsp3) is 0.333. The van der Waals surface area contributed by atoms with E-state index < -0.39 is 0 Å². The first-order valence-electron chi connectivity index (χ1n) is 9.22. The summed E-state index contributed by atoms with van der Waals surface area (Å²) < 4.78 is 1.21. The van der Waals surface area contributed by atoms with E-state index in [4.69, 9.17) is 0 Å². The van der Waals surface area contributed by atoms with Gasteiger partial charge in [0.1, 0.15) is 4.83 Å². The van der Waals surface area contributed by atoms with Crippen LogP contribution in [0.2, 0.25) is 0 Å². The molecule has 0 bridgehead atoms. The lowest BCUT2D eigenvalue weighted by atomic mass is 9.87. The fourth-order valence-corrected chi connectivity index (χ4v) is 6.05. The van der Waals surface area contributed by atoms with Crippen molar-refractivity contribution in [3.05, 3.63) is 46.9 Å². The second kappa shape index (κ2) is 6.26. The largest absolute Gasteiger partial charge is 0.355 e. The topological polar surface area (TPSA) is 41.0 Å². The Labute approximate surface area is 166 Å². The maximum Gasteiger partial charge on any atom is 0.125 e. The zero-order valence-corrected chi connectivity index (χ0v) is 17.3. The van der Waals surface area contributed by atoms with Crippen LogP contribution in [-0.2, 0) is 0 Å². The predicted octanol–water partition coefficient (Wildman–Crippen LogP) is 5.85. The highest BCUT2D eigenvalue weighted by molar-refractivity contribution is 7.18. The third-order valence-corrected chi connectivity index (χ3v) is 7.96. The van der Waals surface area contributed by atoms with Gasteiger partial charge in [0.05, 0.1) is 21.4 Å². The first-order chi connectivity index (χ1) is 13.0. The van der Waals surface area contributed by atoms with Gasteiger partial charge in [-0.3, -0.25) is 0 Å². The normalized spacial score (nSPS) is 19.9. The standard InChI is InChI=1S/C21H22N4S2/c1-21(2)15(7-9-25(21)3)19-11-14-16(6-8-22-20(14)27-19)24-13-4-5-18-17(10-13)23-12-26-18/h4-6,8,10-12,15H,7,9H2,1-3H3,(H,22,24)/t15-/m0/s1. The molecule has 4 heterocycles. The van der Waals surface area contributed by atoms with Gasteiger partial charge in [-0.15, -0.1) is 22.7 Å². The van der Waals surface area contributed by atoms with Crippen molar-refractivity contribution in [3.8, 4) is 0 Å². The Bertz CT molecular complexity index is 1130. The second-order valence-electron chi connectivity index (χ2n) is 7.80. The fourth-order valence-electron chi connectivity index (χ4n) is 4.05. The number of thiazole rings is 1. The highest BCUT2D eigenvalue weighted by Gasteiger charge is 2.40. The minimum absolute atomic E-state index is 0.185. The van der Waals surface area contributed by atoms with E-state index >= 15 is 0 Å². The monoisotopic (exact) mass is 394 g/mol. The molecule has 27 heavy (non-hydrogen) atoms. The average Bonchev–Trinajstić information content (AvgIpc) is 3.33. The van der Waals surface area contributed by atoms with Crippen molar-refractivity contribution in [2.24, 2.45) is 0 Å². The molecule has 1 aliphatic rings. The molecule has 0 unspecified atom stereocenters. The third-order valence-electron chi connectivity index (χ3n) is 6.00. The van der Waals surface area contributed by atoms with E-state index in [0.717, 1.165) is 28.3 Å². The highest BCUT2D eigenvalue weighted by Crippen LogP contribution is 2.45. The number of hydrogen-bond acceptors (Lipinski definition) is 6. The molecule has 4 nitrogen and oxygen atoms in total. The molecule has 6 heteroatoms. The van der Waals surface area contributed by atoms with Gasteiger partial charge in [-0.25, -0.2) is 9.97 Å².